The van der Waals surface area contributed by atoms with Crippen molar-refractivity contribution in [2.75, 3.05) is 20.7 Å². The van der Waals surface area contributed by atoms with Gasteiger partial charge in [0.2, 0.25) is 0 Å². The van der Waals surface area contributed by atoms with Crippen molar-refractivity contribution in [3.05, 3.63) is 57.8 Å². The van der Waals surface area contributed by atoms with Gasteiger partial charge in [-0.2, -0.15) is 0 Å². The molecule has 3 atom stereocenters. The summed E-state index contributed by atoms with van der Waals surface area (Å²) in [6, 6.07) is 7.81. The number of benzene rings is 1. The molecule has 0 saturated heterocycles. The van der Waals surface area contributed by atoms with Crippen LogP contribution in [0.5, 0.6) is 11.5 Å². The number of esters is 1. The molecule has 3 heterocycles. The molecule has 0 N–H and O–H groups in total. The standard InChI is InChI=1S/C22H23NO4S/c1-23-10-9-22-8-7-15(26-21(24)17-4-3-11-28-17)12-18(22)27-20-16(25-2)6-5-14(13-23)19(20)22/h3-8,11,15,18H,9-10,12-13H2,1-2H3. The van der Waals surface area contributed by atoms with E-state index in [0.29, 0.717) is 11.3 Å². The van der Waals surface area contributed by atoms with E-state index in [1.54, 1.807) is 13.2 Å². The molecule has 1 spiro atoms. The predicted octanol–water partition coefficient (Wildman–Crippen LogP) is 3.78. The predicted molar refractivity (Wildman–Crippen MR) is 107 cm³/mol. The summed E-state index contributed by atoms with van der Waals surface area (Å²) in [4.78, 5) is 15.4. The Labute approximate surface area is 168 Å². The smallest absolute Gasteiger partial charge is 0.348 e. The molecule has 5 nitrogen and oxygen atoms in total. The lowest BCUT2D eigenvalue weighted by atomic mass is 9.69. The molecular formula is C22H23NO4S. The van der Waals surface area contributed by atoms with Crippen LogP contribution in [-0.4, -0.2) is 43.8 Å². The number of rotatable bonds is 3. The third kappa shape index (κ3) is 2.66. The van der Waals surface area contributed by atoms with Crippen LogP contribution in [0.2, 0.25) is 0 Å². The van der Waals surface area contributed by atoms with E-state index in [1.807, 2.05) is 17.5 Å². The number of carbonyl (C=O) groups is 1. The molecule has 2 aromatic rings. The summed E-state index contributed by atoms with van der Waals surface area (Å²) < 4.78 is 17.8. The van der Waals surface area contributed by atoms with Crippen LogP contribution in [0.1, 0.15) is 33.6 Å². The van der Waals surface area contributed by atoms with E-state index in [9.17, 15) is 4.79 Å². The van der Waals surface area contributed by atoms with Crippen LogP contribution in [0.25, 0.3) is 0 Å². The van der Waals surface area contributed by atoms with Crippen molar-refractivity contribution < 1.29 is 19.0 Å². The van der Waals surface area contributed by atoms with Gasteiger partial charge in [-0.15, -0.1) is 11.3 Å². The van der Waals surface area contributed by atoms with Gasteiger partial charge < -0.3 is 19.1 Å². The fourth-order valence-corrected chi connectivity index (χ4v) is 5.35. The zero-order valence-electron chi connectivity index (χ0n) is 16.0. The highest BCUT2D eigenvalue weighted by Crippen LogP contribution is 2.55. The summed E-state index contributed by atoms with van der Waals surface area (Å²) in [5, 5.41) is 1.88. The maximum absolute atomic E-state index is 12.4. The van der Waals surface area contributed by atoms with Gasteiger partial charge in [-0.3, -0.25) is 0 Å². The number of thiophene rings is 1. The molecule has 146 valence electrons. The van der Waals surface area contributed by atoms with Crippen LogP contribution < -0.4 is 9.47 Å². The Kier molecular flexibility index (Phi) is 4.21. The van der Waals surface area contributed by atoms with Crippen molar-refractivity contribution in [2.24, 2.45) is 0 Å². The molecular weight excluding hydrogens is 374 g/mol. The van der Waals surface area contributed by atoms with E-state index >= 15 is 0 Å². The maximum Gasteiger partial charge on any atom is 0.348 e. The van der Waals surface area contributed by atoms with E-state index in [-0.39, 0.29) is 23.6 Å². The van der Waals surface area contributed by atoms with Crippen LogP contribution in [-0.2, 0) is 16.7 Å². The number of methoxy groups -OCH3 is 1. The third-order valence-corrected chi connectivity index (χ3v) is 6.96. The van der Waals surface area contributed by atoms with E-state index in [1.165, 1.54) is 22.5 Å². The van der Waals surface area contributed by atoms with Crippen molar-refractivity contribution in [3.63, 3.8) is 0 Å². The SMILES string of the molecule is COc1ccc2c3c1OC1CC(OC(=O)c4cccs4)C=CC31CCN(C)C2. The zero-order chi connectivity index (χ0) is 19.3. The largest absolute Gasteiger partial charge is 0.493 e. The molecule has 0 fully saturated rings. The van der Waals surface area contributed by atoms with Crippen LogP contribution in [0.15, 0.2) is 41.8 Å². The zero-order valence-corrected chi connectivity index (χ0v) is 16.8. The average Bonchev–Trinajstić information content (AvgIpc) is 3.30. The minimum Gasteiger partial charge on any atom is -0.493 e. The first kappa shape index (κ1) is 17.8. The fourth-order valence-electron chi connectivity index (χ4n) is 4.74. The Morgan fingerprint density at radius 1 is 1.36 bits per heavy atom. The Morgan fingerprint density at radius 2 is 2.25 bits per heavy atom. The lowest BCUT2D eigenvalue weighted by molar-refractivity contribution is 0.0223. The van der Waals surface area contributed by atoms with Crippen molar-refractivity contribution >= 4 is 17.3 Å². The molecule has 1 aliphatic carbocycles. The van der Waals surface area contributed by atoms with Crippen LogP contribution in [0.3, 0.4) is 0 Å². The molecule has 0 radical (unpaired) electrons. The van der Waals surface area contributed by atoms with E-state index in [4.69, 9.17) is 14.2 Å². The topological polar surface area (TPSA) is 48.0 Å². The lowest BCUT2D eigenvalue weighted by Crippen LogP contribution is -2.43. The minimum absolute atomic E-state index is 0.0600. The molecule has 0 saturated carbocycles. The summed E-state index contributed by atoms with van der Waals surface area (Å²) in [6.07, 6.45) is 5.55. The lowest BCUT2D eigenvalue weighted by Gasteiger charge is -2.36. The van der Waals surface area contributed by atoms with Crippen LogP contribution >= 0.6 is 11.3 Å². The number of carbonyl (C=O) groups excluding carboxylic acids is 1. The molecule has 0 amide bonds. The number of ether oxygens (including phenoxy) is 3. The summed E-state index contributed by atoms with van der Waals surface area (Å²) in [5.41, 5.74) is 2.35. The third-order valence-electron chi connectivity index (χ3n) is 6.11. The highest BCUT2D eigenvalue weighted by molar-refractivity contribution is 7.11. The Hall–Kier alpha value is -2.31. The second-order valence-corrected chi connectivity index (χ2v) is 8.73. The van der Waals surface area contributed by atoms with Gasteiger partial charge in [0.25, 0.3) is 0 Å². The second kappa shape index (κ2) is 6.64. The number of hydrogen-bond donors (Lipinski definition) is 0. The highest BCUT2D eigenvalue weighted by atomic mass is 32.1. The molecule has 3 aliphatic rings. The fraction of sp³-hybridized carbons (Fsp3) is 0.409. The summed E-state index contributed by atoms with van der Waals surface area (Å²) in [5.74, 6) is 1.36. The maximum atomic E-state index is 12.4. The number of hydrogen-bond acceptors (Lipinski definition) is 6. The second-order valence-electron chi connectivity index (χ2n) is 7.78. The molecule has 28 heavy (non-hydrogen) atoms. The van der Waals surface area contributed by atoms with E-state index < -0.39 is 0 Å². The van der Waals surface area contributed by atoms with Gasteiger partial charge >= 0.3 is 5.97 Å². The van der Waals surface area contributed by atoms with Gasteiger partial charge in [0, 0.05) is 18.5 Å². The van der Waals surface area contributed by atoms with Gasteiger partial charge in [0.15, 0.2) is 11.5 Å². The first-order chi connectivity index (χ1) is 13.6. The number of nitrogens with zero attached hydrogens (tertiary/aromatic N) is 1. The van der Waals surface area contributed by atoms with Crippen molar-refractivity contribution in [2.45, 2.75) is 37.0 Å². The Bertz CT molecular complexity index is 938. The minimum atomic E-state index is -0.282. The normalized spacial score (nSPS) is 28.1. The Balaban J connectivity index is 1.50. The van der Waals surface area contributed by atoms with E-state index in [2.05, 4.69) is 30.2 Å². The molecule has 6 heteroatoms. The van der Waals surface area contributed by atoms with Gasteiger partial charge in [-0.25, -0.2) is 4.79 Å². The summed E-state index contributed by atoms with van der Waals surface area (Å²) in [6.45, 7) is 1.88. The monoisotopic (exact) mass is 397 g/mol. The van der Waals surface area contributed by atoms with Crippen LogP contribution in [0, 0.1) is 0 Å². The first-order valence-electron chi connectivity index (χ1n) is 9.60. The van der Waals surface area contributed by atoms with Crippen molar-refractivity contribution in [1.82, 2.24) is 4.90 Å². The van der Waals surface area contributed by atoms with Crippen molar-refractivity contribution in [3.8, 4) is 11.5 Å². The summed E-state index contributed by atoms with van der Waals surface area (Å²) in [7, 11) is 3.84. The summed E-state index contributed by atoms with van der Waals surface area (Å²) >= 11 is 1.40. The molecule has 0 bridgehead atoms. The average molecular weight is 397 g/mol. The molecule has 1 aromatic heterocycles. The van der Waals surface area contributed by atoms with Gasteiger partial charge in [-0.1, -0.05) is 18.2 Å². The quantitative estimate of drug-likeness (QED) is 0.583. The van der Waals surface area contributed by atoms with E-state index in [0.717, 1.165) is 31.0 Å². The Morgan fingerprint density at radius 3 is 3.04 bits per heavy atom. The molecule has 5 rings (SSSR count). The molecule has 2 aliphatic heterocycles. The van der Waals surface area contributed by atoms with Crippen molar-refractivity contribution in [1.29, 1.82) is 0 Å². The molecule has 3 unspecified atom stereocenters. The highest BCUT2D eigenvalue weighted by Gasteiger charge is 2.53. The molecule has 1 aromatic carbocycles. The van der Waals surface area contributed by atoms with Gasteiger partial charge in [-0.05, 0) is 49.2 Å². The van der Waals surface area contributed by atoms with Crippen LogP contribution in [0.4, 0.5) is 0 Å². The van der Waals surface area contributed by atoms with Gasteiger partial charge in [0.05, 0.1) is 12.5 Å². The first-order valence-corrected chi connectivity index (χ1v) is 10.5. The van der Waals surface area contributed by atoms with Gasteiger partial charge in [0.1, 0.15) is 17.1 Å².